The summed E-state index contributed by atoms with van der Waals surface area (Å²) in [4.78, 5) is 0. The van der Waals surface area contributed by atoms with Crippen molar-refractivity contribution in [3.8, 4) is 0 Å². The van der Waals surface area contributed by atoms with Gasteiger partial charge < -0.3 is 0 Å². The fraction of sp³-hybridized carbons (Fsp3) is 0.833. The predicted molar refractivity (Wildman–Crippen MR) is 55.5 cm³/mol. The minimum Gasteiger partial charge on any atom is -0.244 e. The average molecular weight is 184 g/mol. The first kappa shape index (κ1) is 10.7. The number of hydrogen-bond donors (Lipinski definition) is 0. The molecular formula is C12H21F. The van der Waals surface area contributed by atoms with Crippen LogP contribution in [0.25, 0.3) is 0 Å². The standard InChI is InChI=1S/C12H21F/c1-4-11(5-2)7-9-12(13)8-6-10(12)3/h4,10H,5-9H2,1-3H3/b11-4+. The first-order valence-electron chi connectivity index (χ1n) is 5.45. The van der Waals surface area contributed by atoms with Crippen LogP contribution in [0.15, 0.2) is 11.6 Å². The second-order valence-electron chi connectivity index (χ2n) is 4.27. The maximum absolute atomic E-state index is 13.9. The van der Waals surface area contributed by atoms with Crippen LogP contribution < -0.4 is 0 Å². The van der Waals surface area contributed by atoms with Crippen LogP contribution >= 0.6 is 0 Å². The van der Waals surface area contributed by atoms with Gasteiger partial charge in [0.2, 0.25) is 0 Å². The van der Waals surface area contributed by atoms with Crippen LogP contribution in [0.2, 0.25) is 0 Å². The fourth-order valence-corrected chi connectivity index (χ4v) is 2.01. The van der Waals surface area contributed by atoms with Crippen molar-refractivity contribution >= 4 is 0 Å². The number of allylic oxidation sites excluding steroid dienone is 2. The van der Waals surface area contributed by atoms with Crippen LogP contribution in [0.1, 0.15) is 52.9 Å². The van der Waals surface area contributed by atoms with Gasteiger partial charge in [0, 0.05) is 0 Å². The smallest absolute Gasteiger partial charge is 0.114 e. The summed E-state index contributed by atoms with van der Waals surface area (Å²) in [6, 6.07) is 0. The maximum Gasteiger partial charge on any atom is 0.114 e. The number of halogens is 1. The Balaban J connectivity index is 2.33. The van der Waals surface area contributed by atoms with Crippen LogP contribution in [0.3, 0.4) is 0 Å². The molecule has 1 aliphatic rings. The SMILES string of the molecule is C/C=C(\CC)CCC1(F)CCC1C. The van der Waals surface area contributed by atoms with Gasteiger partial charge in [-0.25, -0.2) is 4.39 Å². The van der Waals surface area contributed by atoms with Gasteiger partial charge in [0.05, 0.1) is 0 Å². The molecule has 13 heavy (non-hydrogen) atoms. The molecule has 0 amide bonds. The molecule has 1 aliphatic carbocycles. The zero-order chi connectivity index (χ0) is 9.90. The zero-order valence-electron chi connectivity index (χ0n) is 9.07. The molecule has 0 N–H and O–H groups in total. The highest BCUT2D eigenvalue weighted by molar-refractivity contribution is 5.03. The topological polar surface area (TPSA) is 0 Å². The maximum atomic E-state index is 13.9. The summed E-state index contributed by atoms with van der Waals surface area (Å²) in [5, 5.41) is 0. The first-order chi connectivity index (χ1) is 6.12. The Labute approximate surface area is 81.2 Å². The number of alkyl halides is 1. The monoisotopic (exact) mass is 184 g/mol. The lowest BCUT2D eigenvalue weighted by Gasteiger charge is -2.41. The molecule has 0 spiro atoms. The summed E-state index contributed by atoms with van der Waals surface area (Å²) < 4.78 is 13.9. The highest BCUT2D eigenvalue weighted by Crippen LogP contribution is 2.45. The van der Waals surface area contributed by atoms with Crippen molar-refractivity contribution < 1.29 is 4.39 Å². The zero-order valence-corrected chi connectivity index (χ0v) is 9.07. The normalized spacial score (nSPS) is 34.5. The average Bonchev–Trinajstić information content (AvgIpc) is 2.16. The van der Waals surface area contributed by atoms with E-state index in [0.29, 0.717) is 5.92 Å². The van der Waals surface area contributed by atoms with Crippen molar-refractivity contribution in [2.24, 2.45) is 5.92 Å². The Morgan fingerprint density at radius 1 is 1.62 bits per heavy atom. The van der Waals surface area contributed by atoms with E-state index in [1.54, 1.807) is 0 Å². The summed E-state index contributed by atoms with van der Waals surface area (Å²) in [5.74, 6) is 0.294. The molecule has 0 saturated heterocycles. The van der Waals surface area contributed by atoms with Gasteiger partial charge in [0.1, 0.15) is 5.67 Å². The number of hydrogen-bond acceptors (Lipinski definition) is 0. The molecule has 0 aromatic rings. The van der Waals surface area contributed by atoms with Crippen molar-refractivity contribution in [3.05, 3.63) is 11.6 Å². The molecular weight excluding hydrogens is 163 g/mol. The Kier molecular flexibility index (Phi) is 3.52. The Bertz CT molecular complexity index is 195. The van der Waals surface area contributed by atoms with Crippen LogP contribution in [0, 0.1) is 5.92 Å². The molecule has 1 rings (SSSR count). The van der Waals surface area contributed by atoms with Gasteiger partial charge >= 0.3 is 0 Å². The van der Waals surface area contributed by atoms with E-state index < -0.39 is 5.67 Å². The summed E-state index contributed by atoms with van der Waals surface area (Å²) in [6.45, 7) is 6.23. The van der Waals surface area contributed by atoms with Gasteiger partial charge in [-0.2, -0.15) is 0 Å². The first-order valence-corrected chi connectivity index (χ1v) is 5.45. The van der Waals surface area contributed by atoms with Crippen LogP contribution in [-0.2, 0) is 0 Å². The molecule has 0 aliphatic heterocycles. The van der Waals surface area contributed by atoms with E-state index in [2.05, 4.69) is 13.0 Å². The highest BCUT2D eigenvalue weighted by atomic mass is 19.1. The van der Waals surface area contributed by atoms with Crippen molar-refractivity contribution in [2.45, 2.75) is 58.5 Å². The van der Waals surface area contributed by atoms with Gasteiger partial charge in [0.25, 0.3) is 0 Å². The van der Waals surface area contributed by atoms with Gasteiger partial charge in [-0.15, -0.1) is 0 Å². The number of rotatable bonds is 4. The quantitative estimate of drug-likeness (QED) is 0.573. The summed E-state index contributed by atoms with van der Waals surface area (Å²) >= 11 is 0. The van der Waals surface area contributed by atoms with Crippen molar-refractivity contribution in [2.75, 3.05) is 0 Å². The second-order valence-corrected chi connectivity index (χ2v) is 4.27. The lowest BCUT2D eigenvalue weighted by atomic mass is 9.69. The minimum absolute atomic E-state index is 0.294. The van der Waals surface area contributed by atoms with Crippen molar-refractivity contribution in [1.82, 2.24) is 0 Å². The van der Waals surface area contributed by atoms with E-state index in [4.69, 9.17) is 0 Å². The lowest BCUT2D eigenvalue weighted by molar-refractivity contribution is -0.0120. The molecule has 76 valence electrons. The molecule has 1 heteroatoms. The summed E-state index contributed by atoms with van der Waals surface area (Å²) in [7, 11) is 0. The van der Waals surface area contributed by atoms with Crippen LogP contribution in [0.4, 0.5) is 4.39 Å². The van der Waals surface area contributed by atoms with Crippen molar-refractivity contribution in [1.29, 1.82) is 0 Å². The van der Waals surface area contributed by atoms with Gasteiger partial charge in [-0.05, 0) is 44.9 Å². The van der Waals surface area contributed by atoms with Gasteiger partial charge in [-0.1, -0.05) is 25.5 Å². The molecule has 2 unspecified atom stereocenters. The van der Waals surface area contributed by atoms with Crippen LogP contribution in [-0.4, -0.2) is 5.67 Å². The summed E-state index contributed by atoms with van der Waals surface area (Å²) in [5.41, 5.74) is 0.569. The van der Waals surface area contributed by atoms with E-state index >= 15 is 0 Å². The van der Waals surface area contributed by atoms with E-state index in [1.807, 2.05) is 13.8 Å². The van der Waals surface area contributed by atoms with E-state index in [1.165, 1.54) is 5.57 Å². The molecule has 2 atom stereocenters. The van der Waals surface area contributed by atoms with E-state index in [9.17, 15) is 4.39 Å². The lowest BCUT2D eigenvalue weighted by Crippen LogP contribution is -2.41. The third kappa shape index (κ3) is 2.32. The van der Waals surface area contributed by atoms with E-state index in [0.717, 1.165) is 32.1 Å². The third-order valence-corrected chi connectivity index (χ3v) is 3.60. The Morgan fingerprint density at radius 3 is 2.62 bits per heavy atom. The summed E-state index contributed by atoms with van der Waals surface area (Å²) in [6.07, 6.45) is 6.76. The highest BCUT2D eigenvalue weighted by Gasteiger charge is 2.43. The molecule has 0 aromatic carbocycles. The van der Waals surface area contributed by atoms with Gasteiger partial charge in [-0.3, -0.25) is 0 Å². The fourth-order valence-electron chi connectivity index (χ4n) is 2.01. The van der Waals surface area contributed by atoms with Crippen LogP contribution in [0.5, 0.6) is 0 Å². The molecule has 1 fully saturated rings. The van der Waals surface area contributed by atoms with Gasteiger partial charge in [0.15, 0.2) is 0 Å². The molecule has 0 nitrogen and oxygen atoms in total. The third-order valence-electron chi connectivity index (χ3n) is 3.60. The Morgan fingerprint density at radius 2 is 2.31 bits per heavy atom. The molecule has 0 radical (unpaired) electrons. The van der Waals surface area contributed by atoms with E-state index in [-0.39, 0.29) is 0 Å². The largest absolute Gasteiger partial charge is 0.244 e. The second kappa shape index (κ2) is 4.26. The Hall–Kier alpha value is -0.330. The predicted octanol–water partition coefficient (Wildman–Crippen LogP) is 4.26. The minimum atomic E-state index is -0.830. The molecule has 0 heterocycles. The molecule has 1 saturated carbocycles. The molecule has 0 aromatic heterocycles. The van der Waals surface area contributed by atoms with Crippen molar-refractivity contribution in [3.63, 3.8) is 0 Å². The molecule has 0 bridgehead atoms.